The van der Waals surface area contributed by atoms with Gasteiger partial charge in [0.05, 0.1) is 11.1 Å². The molecule has 152 valence electrons. The number of carbonyl (C=O) groups is 1. The first-order valence-corrected chi connectivity index (χ1v) is 11.7. The third-order valence-electron chi connectivity index (χ3n) is 5.41. The number of rotatable bonds is 7. The Bertz CT molecular complexity index is 945. The van der Waals surface area contributed by atoms with Crippen LogP contribution in [0.25, 0.3) is 10.2 Å². The van der Waals surface area contributed by atoms with E-state index in [9.17, 15) is 9.59 Å². The number of aryl methyl sites for hydroxylation is 1. The zero-order valence-corrected chi connectivity index (χ0v) is 18.7. The number of hydrogen-bond acceptors (Lipinski definition) is 5. The van der Waals surface area contributed by atoms with Crippen LogP contribution in [0.5, 0.6) is 0 Å². The molecule has 2 aromatic heterocycles. The van der Waals surface area contributed by atoms with Crippen LogP contribution in [-0.4, -0.2) is 27.3 Å². The number of nitrogens with zero attached hydrogens (tertiary/aromatic N) is 2. The van der Waals surface area contributed by atoms with E-state index in [2.05, 4.69) is 32.7 Å². The molecule has 1 aliphatic rings. The van der Waals surface area contributed by atoms with Crippen molar-refractivity contribution in [3.8, 4) is 0 Å². The van der Waals surface area contributed by atoms with Gasteiger partial charge in [-0.25, -0.2) is 4.98 Å². The van der Waals surface area contributed by atoms with Gasteiger partial charge in [-0.3, -0.25) is 14.2 Å². The normalized spacial score (nSPS) is 17.5. The summed E-state index contributed by atoms with van der Waals surface area (Å²) in [6, 6.07) is 0.116. The minimum absolute atomic E-state index is 0.00425. The van der Waals surface area contributed by atoms with E-state index in [1.165, 1.54) is 22.2 Å². The van der Waals surface area contributed by atoms with Gasteiger partial charge in [-0.05, 0) is 43.6 Å². The van der Waals surface area contributed by atoms with Gasteiger partial charge in [0.25, 0.3) is 5.56 Å². The van der Waals surface area contributed by atoms with Gasteiger partial charge in [0, 0.05) is 17.5 Å². The number of amides is 1. The molecule has 0 saturated carbocycles. The number of fused-ring (bicyclic) bond motifs is 3. The fourth-order valence-corrected chi connectivity index (χ4v) is 5.64. The van der Waals surface area contributed by atoms with Crippen molar-refractivity contribution < 1.29 is 4.79 Å². The van der Waals surface area contributed by atoms with E-state index in [-0.39, 0.29) is 23.3 Å². The molecule has 1 N–H and O–H groups in total. The summed E-state index contributed by atoms with van der Waals surface area (Å²) >= 11 is 2.97. The maximum Gasteiger partial charge on any atom is 0.263 e. The second kappa shape index (κ2) is 8.82. The second-order valence-corrected chi connectivity index (χ2v) is 10.0. The van der Waals surface area contributed by atoms with E-state index < -0.39 is 0 Å². The number of thiophene rings is 1. The highest BCUT2D eigenvalue weighted by molar-refractivity contribution is 7.99. The van der Waals surface area contributed by atoms with Crippen LogP contribution in [0.3, 0.4) is 0 Å². The molecule has 28 heavy (non-hydrogen) atoms. The van der Waals surface area contributed by atoms with E-state index in [4.69, 9.17) is 4.98 Å². The molecule has 0 spiro atoms. The first kappa shape index (κ1) is 21.1. The maximum absolute atomic E-state index is 13.2. The molecule has 1 aliphatic carbocycles. The Balaban J connectivity index is 1.91. The molecule has 0 radical (unpaired) electrons. The Morgan fingerprint density at radius 2 is 2.21 bits per heavy atom. The Kier molecular flexibility index (Phi) is 6.65. The minimum Gasteiger partial charge on any atom is -0.353 e. The van der Waals surface area contributed by atoms with Crippen molar-refractivity contribution in [3.05, 3.63) is 33.4 Å². The lowest BCUT2D eigenvalue weighted by Crippen LogP contribution is -2.37. The lowest BCUT2D eigenvalue weighted by molar-refractivity contribution is -0.119. The van der Waals surface area contributed by atoms with Crippen LogP contribution < -0.4 is 10.9 Å². The molecular formula is C21H29N3O2S2. The van der Waals surface area contributed by atoms with E-state index in [0.29, 0.717) is 23.5 Å². The summed E-state index contributed by atoms with van der Waals surface area (Å²) in [4.78, 5) is 32.4. The average molecular weight is 420 g/mol. The van der Waals surface area contributed by atoms with Crippen molar-refractivity contribution in [2.45, 2.75) is 64.7 Å². The molecule has 2 unspecified atom stereocenters. The fraction of sp³-hybridized carbons (Fsp3) is 0.571. The number of nitrogens with one attached hydrogen (secondary N) is 1. The molecule has 0 aromatic carbocycles. The second-order valence-electron chi connectivity index (χ2n) is 8.02. The van der Waals surface area contributed by atoms with Crippen molar-refractivity contribution in [1.29, 1.82) is 0 Å². The zero-order valence-electron chi connectivity index (χ0n) is 17.1. The maximum atomic E-state index is 13.2. The van der Waals surface area contributed by atoms with E-state index in [0.717, 1.165) is 29.5 Å². The van der Waals surface area contributed by atoms with Gasteiger partial charge < -0.3 is 5.32 Å². The molecule has 5 nitrogen and oxygen atoms in total. The first-order chi connectivity index (χ1) is 13.3. The van der Waals surface area contributed by atoms with E-state index in [1.54, 1.807) is 22.0 Å². The highest BCUT2D eigenvalue weighted by atomic mass is 32.2. The predicted molar refractivity (Wildman–Crippen MR) is 118 cm³/mol. The molecule has 1 amide bonds. The third-order valence-corrected chi connectivity index (χ3v) is 7.54. The van der Waals surface area contributed by atoms with Crippen LogP contribution in [0, 0.1) is 11.8 Å². The van der Waals surface area contributed by atoms with Crippen LogP contribution in [0.4, 0.5) is 0 Å². The number of aromatic nitrogens is 2. The molecule has 2 atom stereocenters. The predicted octanol–water partition coefficient (Wildman–Crippen LogP) is 4.02. The number of thioether (sulfide) groups is 1. The Hall–Kier alpha value is -1.60. The summed E-state index contributed by atoms with van der Waals surface area (Å²) < 4.78 is 1.66. The summed E-state index contributed by atoms with van der Waals surface area (Å²) in [6.45, 7) is 12.6. The molecule has 2 heterocycles. The van der Waals surface area contributed by atoms with Crippen LogP contribution in [0.15, 0.2) is 22.6 Å². The summed E-state index contributed by atoms with van der Waals surface area (Å²) in [7, 11) is 0. The smallest absolute Gasteiger partial charge is 0.263 e. The Morgan fingerprint density at radius 1 is 1.46 bits per heavy atom. The molecule has 0 aliphatic heterocycles. The topological polar surface area (TPSA) is 64.0 Å². The summed E-state index contributed by atoms with van der Waals surface area (Å²) in [5.74, 6) is 1.23. The number of carbonyl (C=O) groups excluding carboxylic acids is 1. The largest absolute Gasteiger partial charge is 0.353 e. The highest BCUT2D eigenvalue weighted by Crippen LogP contribution is 2.36. The van der Waals surface area contributed by atoms with Gasteiger partial charge in [-0.1, -0.05) is 38.6 Å². The van der Waals surface area contributed by atoms with Crippen LogP contribution in [0.2, 0.25) is 0 Å². The monoisotopic (exact) mass is 419 g/mol. The van der Waals surface area contributed by atoms with Crippen molar-refractivity contribution in [1.82, 2.24) is 14.9 Å². The average Bonchev–Trinajstić information content (AvgIpc) is 2.99. The van der Waals surface area contributed by atoms with Gasteiger partial charge in [0.1, 0.15) is 4.83 Å². The van der Waals surface area contributed by atoms with Gasteiger partial charge in [-0.2, -0.15) is 0 Å². The zero-order chi connectivity index (χ0) is 20.4. The number of allylic oxidation sites excluding steroid dienone is 1. The van der Waals surface area contributed by atoms with Crippen molar-refractivity contribution in [3.63, 3.8) is 0 Å². The molecule has 0 fully saturated rings. The van der Waals surface area contributed by atoms with E-state index in [1.807, 2.05) is 6.92 Å². The molecule has 0 bridgehead atoms. The summed E-state index contributed by atoms with van der Waals surface area (Å²) in [5, 5.41) is 4.37. The summed E-state index contributed by atoms with van der Waals surface area (Å²) in [5.41, 5.74) is 1.18. The van der Waals surface area contributed by atoms with Gasteiger partial charge in [0.15, 0.2) is 5.16 Å². The van der Waals surface area contributed by atoms with Crippen molar-refractivity contribution in [2.75, 3.05) is 5.75 Å². The van der Waals surface area contributed by atoms with Gasteiger partial charge in [-0.15, -0.1) is 17.9 Å². The van der Waals surface area contributed by atoms with Crippen LogP contribution >= 0.6 is 23.1 Å². The van der Waals surface area contributed by atoms with Crippen LogP contribution in [-0.2, 0) is 24.2 Å². The number of hydrogen-bond donors (Lipinski definition) is 1. The molecule has 0 saturated heterocycles. The SMILES string of the molecule is C=CCn1c(SCC(=O)NC(C)C(C)C)nc2sc3c(c2c1=O)CCC(C)C3. The van der Waals surface area contributed by atoms with E-state index >= 15 is 0 Å². The first-order valence-electron chi connectivity index (χ1n) is 9.90. The Morgan fingerprint density at radius 3 is 2.89 bits per heavy atom. The lowest BCUT2D eigenvalue weighted by atomic mass is 9.89. The van der Waals surface area contributed by atoms with Crippen molar-refractivity contribution in [2.24, 2.45) is 11.8 Å². The Labute approximate surface area is 174 Å². The molecular weight excluding hydrogens is 390 g/mol. The van der Waals surface area contributed by atoms with Crippen LogP contribution in [0.1, 0.15) is 44.6 Å². The van der Waals surface area contributed by atoms with Crippen molar-refractivity contribution >= 4 is 39.2 Å². The molecule has 3 rings (SSSR count). The minimum atomic E-state index is -0.0370. The molecule has 2 aromatic rings. The van der Waals surface area contributed by atoms with Gasteiger partial charge in [0.2, 0.25) is 5.91 Å². The van der Waals surface area contributed by atoms with Gasteiger partial charge >= 0.3 is 0 Å². The highest BCUT2D eigenvalue weighted by Gasteiger charge is 2.24. The molecule has 7 heteroatoms. The summed E-state index contributed by atoms with van der Waals surface area (Å²) in [6.07, 6.45) is 4.80. The fourth-order valence-electron chi connectivity index (χ4n) is 3.40. The lowest BCUT2D eigenvalue weighted by Gasteiger charge is -2.18. The third kappa shape index (κ3) is 4.35. The quantitative estimate of drug-likeness (QED) is 0.418. The standard InChI is InChI=1S/C21H29N3O2S2/c1-6-9-24-20(26)18-15-8-7-13(4)10-16(15)28-19(18)23-21(24)27-11-17(25)22-14(5)12(2)3/h6,12-14H,1,7-11H2,2-5H3,(H,22,25).